The number of nitriles is 1. The summed E-state index contributed by atoms with van der Waals surface area (Å²) >= 11 is 5.83. The van der Waals surface area contributed by atoms with Crippen LogP contribution in [0.25, 0.3) is 0 Å². The average Bonchev–Trinajstić information content (AvgIpc) is 2.99. The first-order valence-corrected chi connectivity index (χ1v) is 8.76. The number of halogens is 2. The van der Waals surface area contributed by atoms with Crippen molar-refractivity contribution in [1.29, 1.82) is 5.26 Å². The summed E-state index contributed by atoms with van der Waals surface area (Å²) in [5.74, 6) is 0.285. The second kappa shape index (κ2) is 8.14. The smallest absolute Gasteiger partial charge is 0.240 e. The third-order valence-corrected chi connectivity index (χ3v) is 5.72. The molecule has 1 aliphatic rings. The molecule has 22 heavy (non-hydrogen) atoms. The molecule has 0 amide bonds. The molecule has 1 saturated carbocycles. The minimum Gasteiger partial charge on any atom is -0.329 e. The molecule has 0 saturated heterocycles. The fraction of sp³-hybridized carbons (Fsp3) is 0.500. The molecule has 8 heteroatoms. The van der Waals surface area contributed by atoms with E-state index < -0.39 is 10.0 Å². The predicted molar refractivity (Wildman–Crippen MR) is 88.5 cm³/mol. The normalized spacial score (nSPS) is 16.8. The highest BCUT2D eigenvalue weighted by Crippen LogP contribution is 2.28. The van der Waals surface area contributed by atoms with Gasteiger partial charge in [-0.25, -0.2) is 13.1 Å². The van der Waals surface area contributed by atoms with Gasteiger partial charge in [-0.05, 0) is 37.0 Å². The van der Waals surface area contributed by atoms with Crippen LogP contribution in [0.4, 0.5) is 0 Å². The molecule has 122 valence electrons. The Balaban J connectivity index is 0.00000242. The molecule has 0 radical (unpaired) electrons. The Morgan fingerprint density at radius 3 is 2.59 bits per heavy atom. The third-order valence-electron chi connectivity index (χ3n) is 3.90. The molecule has 2 rings (SSSR count). The van der Waals surface area contributed by atoms with E-state index in [-0.39, 0.29) is 46.4 Å². The highest BCUT2D eigenvalue weighted by Gasteiger charge is 2.28. The van der Waals surface area contributed by atoms with Crippen LogP contribution in [0.3, 0.4) is 0 Å². The van der Waals surface area contributed by atoms with E-state index >= 15 is 0 Å². The van der Waals surface area contributed by atoms with Gasteiger partial charge in [0.15, 0.2) is 0 Å². The Morgan fingerprint density at radius 2 is 2.05 bits per heavy atom. The van der Waals surface area contributed by atoms with Crippen molar-refractivity contribution in [1.82, 2.24) is 4.72 Å². The van der Waals surface area contributed by atoms with Gasteiger partial charge < -0.3 is 5.73 Å². The molecular formula is C14H19Cl2N3O2S. The SMILES string of the molecule is Cl.N#Cc1cc(S(=O)(=O)NC(CN)C2CCCC2)ccc1Cl. The van der Waals surface area contributed by atoms with Gasteiger partial charge in [-0.1, -0.05) is 24.4 Å². The number of sulfonamides is 1. The molecule has 1 aliphatic carbocycles. The number of benzene rings is 1. The van der Waals surface area contributed by atoms with Crippen LogP contribution >= 0.6 is 24.0 Å². The van der Waals surface area contributed by atoms with E-state index in [0.29, 0.717) is 0 Å². The van der Waals surface area contributed by atoms with Crippen LogP contribution < -0.4 is 10.5 Å². The Bertz CT molecular complexity index is 653. The van der Waals surface area contributed by atoms with Gasteiger partial charge in [0.1, 0.15) is 6.07 Å². The molecule has 0 aromatic heterocycles. The Morgan fingerprint density at radius 1 is 1.41 bits per heavy atom. The molecule has 0 aliphatic heterocycles. The van der Waals surface area contributed by atoms with Crippen LogP contribution in [-0.2, 0) is 10.0 Å². The van der Waals surface area contributed by atoms with Crippen molar-refractivity contribution in [3.8, 4) is 6.07 Å². The summed E-state index contributed by atoms with van der Waals surface area (Å²) < 4.78 is 27.5. The van der Waals surface area contributed by atoms with Crippen LogP contribution in [0.15, 0.2) is 23.1 Å². The second-order valence-corrected chi connectivity index (χ2v) is 7.38. The van der Waals surface area contributed by atoms with Gasteiger partial charge >= 0.3 is 0 Å². The monoisotopic (exact) mass is 363 g/mol. The van der Waals surface area contributed by atoms with E-state index in [9.17, 15) is 8.42 Å². The Labute approximate surface area is 142 Å². The highest BCUT2D eigenvalue weighted by molar-refractivity contribution is 7.89. The minimum atomic E-state index is -3.70. The van der Waals surface area contributed by atoms with Crippen LogP contribution in [0.5, 0.6) is 0 Å². The van der Waals surface area contributed by atoms with E-state index in [1.807, 2.05) is 6.07 Å². The van der Waals surface area contributed by atoms with Crippen molar-refractivity contribution in [2.24, 2.45) is 11.7 Å². The highest BCUT2D eigenvalue weighted by atomic mass is 35.5. The molecule has 1 aromatic carbocycles. The lowest BCUT2D eigenvalue weighted by molar-refractivity contribution is 0.405. The van der Waals surface area contributed by atoms with Crippen molar-refractivity contribution in [3.05, 3.63) is 28.8 Å². The van der Waals surface area contributed by atoms with Crippen molar-refractivity contribution in [3.63, 3.8) is 0 Å². The molecule has 5 nitrogen and oxygen atoms in total. The molecule has 1 atom stereocenters. The first kappa shape index (κ1) is 19.2. The van der Waals surface area contributed by atoms with Crippen molar-refractivity contribution in [2.45, 2.75) is 36.6 Å². The van der Waals surface area contributed by atoms with E-state index in [4.69, 9.17) is 22.6 Å². The Kier molecular flexibility index (Phi) is 7.10. The molecule has 1 unspecified atom stereocenters. The fourth-order valence-electron chi connectivity index (χ4n) is 2.72. The van der Waals surface area contributed by atoms with Crippen molar-refractivity contribution >= 4 is 34.0 Å². The maximum Gasteiger partial charge on any atom is 0.240 e. The molecule has 0 heterocycles. The topological polar surface area (TPSA) is 96.0 Å². The van der Waals surface area contributed by atoms with Crippen molar-refractivity contribution < 1.29 is 8.42 Å². The average molecular weight is 364 g/mol. The second-order valence-electron chi connectivity index (χ2n) is 5.26. The molecule has 0 bridgehead atoms. The standard InChI is InChI=1S/C14H18ClN3O2S.ClH/c15-13-6-5-12(7-11(13)8-16)21(19,20)18-14(9-17)10-3-1-2-4-10;/h5-7,10,14,18H,1-4,9,17H2;1H. The number of hydrogen-bond acceptors (Lipinski definition) is 4. The first-order valence-electron chi connectivity index (χ1n) is 6.90. The maximum atomic E-state index is 12.4. The zero-order valence-electron chi connectivity index (χ0n) is 12.0. The summed E-state index contributed by atoms with van der Waals surface area (Å²) in [6, 6.07) is 5.72. The number of nitrogens with two attached hydrogens (primary N) is 1. The summed E-state index contributed by atoms with van der Waals surface area (Å²) in [4.78, 5) is 0.0416. The molecule has 3 N–H and O–H groups in total. The summed E-state index contributed by atoms with van der Waals surface area (Å²) in [6.07, 6.45) is 4.22. The number of rotatable bonds is 5. The van der Waals surface area contributed by atoms with Crippen LogP contribution in [-0.4, -0.2) is 21.0 Å². The Hall–Kier alpha value is -0.840. The van der Waals surface area contributed by atoms with Crippen molar-refractivity contribution in [2.75, 3.05) is 6.54 Å². The van der Waals surface area contributed by atoms with Crippen LogP contribution in [0, 0.1) is 17.2 Å². The molecule has 1 aromatic rings. The third kappa shape index (κ3) is 4.34. The van der Waals surface area contributed by atoms with Gasteiger partial charge in [-0.2, -0.15) is 5.26 Å². The summed E-state index contributed by atoms with van der Waals surface area (Å²) in [5, 5.41) is 9.18. The summed E-state index contributed by atoms with van der Waals surface area (Å²) in [7, 11) is -3.70. The summed E-state index contributed by atoms with van der Waals surface area (Å²) in [6.45, 7) is 0.266. The maximum absolute atomic E-state index is 12.4. The lowest BCUT2D eigenvalue weighted by Crippen LogP contribution is -2.44. The van der Waals surface area contributed by atoms with Gasteiger partial charge in [0.2, 0.25) is 10.0 Å². The molecule has 0 spiro atoms. The van der Waals surface area contributed by atoms with E-state index in [2.05, 4.69) is 4.72 Å². The van der Waals surface area contributed by atoms with Crippen LogP contribution in [0.2, 0.25) is 5.02 Å². The van der Waals surface area contributed by atoms with E-state index in [0.717, 1.165) is 25.7 Å². The number of hydrogen-bond donors (Lipinski definition) is 2. The largest absolute Gasteiger partial charge is 0.329 e. The van der Waals surface area contributed by atoms with Gasteiger partial charge in [0, 0.05) is 12.6 Å². The lowest BCUT2D eigenvalue weighted by Gasteiger charge is -2.23. The van der Waals surface area contributed by atoms with Crippen LogP contribution in [0.1, 0.15) is 31.2 Å². The minimum absolute atomic E-state index is 0. The van der Waals surface area contributed by atoms with Gasteiger partial charge in [-0.3, -0.25) is 0 Å². The van der Waals surface area contributed by atoms with Gasteiger partial charge in [-0.15, -0.1) is 12.4 Å². The first-order chi connectivity index (χ1) is 9.97. The number of nitrogens with one attached hydrogen (secondary N) is 1. The predicted octanol–water partition coefficient (Wildman–Crippen LogP) is 2.43. The lowest BCUT2D eigenvalue weighted by atomic mass is 9.99. The van der Waals surface area contributed by atoms with E-state index in [1.165, 1.54) is 18.2 Å². The zero-order valence-corrected chi connectivity index (χ0v) is 14.3. The molecule has 1 fully saturated rings. The quantitative estimate of drug-likeness (QED) is 0.839. The summed E-state index contributed by atoms with van der Waals surface area (Å²) in [5.41, 5.74) is 5.86. The number of nitrogens with zero attached hydrogens (tertiary/aromatic N) is 1. The van der Waals surface area contributed by atoms with Gasteiger partial charge in [0.25, 0.3) is 0 Å². The van der Waals surface area contributed by atoms with E-state index in [1.54, 1.807) is 0 Å². The fourth-order valence-corrected chi connectivity index (χ4v) is 4.22. The molecular weight excluding hydrogens is 345 g/mol. The van der Waals surface area contributed by atoms with Gasteiger partial charge in [0.05, 0.1) is 15.5 Å². The zero-order chi connectivity index (χ0) is 15.5.